The number of aliphatic carboxylic acids is 1. The maximum Gasteiger partial charge on any atom is 0.320 e. The Kier molecular flexibility index (Phi) is 4.49. The minimum Gasteiger partial charge on any atom is -0.480 e. The summed E-state index contributed by atoms with van der Waals surface area (Å²) in [6.45, 7) is 0.781. The average molecular weight is 382 g/mol. The van der Waals surface area contributed by atoms with Crippen molar-refractivity contribution in [1.29, 1.82) is 0 Å². The molecule has 4 aromatic rings. The predicted molar refractivity (Wildman–Crippen MR) is 115 cm³/mol. The van der Waals surface area contributed by atoms with E-state index in [4.69, 9.17) is 0 Å². The van der Waals surface area contributed by atoms with Crippen LogP contribution in [-0.4, -0.2) is 33.5 Å². The third kappa shape index (κ3) is 3.26. The van der Waals surface area contributed by atoms with E-state index in [1.54, 1.807) is 6.20 Å². The van der Waals surface area contributed by atoms with Crippen LogP contribution in [0.1, 0.15) is 30.0 Å². The average Bonchev–Trinajstić information content (AvgIpc) is 3.23. The van der Waals surface area contributed by atoms with Gasteiger partial charge in [0.1, 0.15) is 6.04 Å². The van der Waals surface area contributed by atoms with Gasteiger partial charge in [0.25, 0.3) is 0 Å². The number of hydrogen-bond acceptors (Lipinski definition) is 3. The molecular formula is C25H22N2O2. The molecular weight excluding hydrogens is 360 g/mol. The number of carboxylic acids is 1. The SMILES string of the molecule is O=C(O)C1CCCN1C(c1ccc2ccccc2c1)c1ccc2cnccc2c1. The third-order valence-corrected chi connectivity index (χ3v) is 5.98. The van der Waals surface area contributed by atoms with Gasteiger partial charge in [-0.15, -0.1) is 0 Å². The zero-order valence-corrected chi connectivity index (χ0v) is 16.0. The lowest BCUT2D eigenvalue weighted by Gasteiger charge is -2.32. The molecule has 1 aromatic heterocycles. The van der Waals surface area contributed by atoms with Crippen molar-refractivity contribution in [3.8, 4) is 0 Å². The normalized spacial score (nSPS) is 18.3. The summed E-state index contributed by atoms with van der Waals surface area (Å²) in [5.41, 5.74) is 2.25. The van der Waals surface area contributed by atoms with Crippen LogP contribution in [0.3, 0.4) is 0 Å². The number of rotatable bonds is 4. The van der Waals surface area contributed by atoms with Crippen LogP contribution in [0.5, 0.6) is 0 Å². The molecule has 0 aliphatic carbocycles. The van der Waals surface area contributed by atoms with E-state index in [0.29, 0.717) is 6.42 Å². The van der Waals surface area contributed by atoms with Crippen LogP contribution in [0.2, 0.25) is 0 Å². The Morgan fingerprint density at radius 2 is 1.62 bits per heavy atom. The van der Waals surface area contributed by atoms with Gasteiger partial charge in [0.15, 0.2) is 0 Å². The fourth-order valence-electron chi connectivity index (χ4n) is 4.59. The molecule has 4 heteroatoms. The molecule has 1 fully saturated rings. The Labute approximate surface area is 169 Å². The summed E-state index contributed by atoms with van der Waals surface area (Å²) in [6.07, 6.45) is 5.25. The fraction of sp³-hybridized carbons (Fsp3) is 0.200. The second-order valence-electron chi connectivity index (χ2n) is 7.73. The highest BCUT2D eigenvalue weighted by atomic mass is 16.4. The van der Waals surface area contributed by atoms with Gasteiger partial charge in [-0.05, 0) is 58.3 Å². The molecule has 0 radical (unpaired) electrons. The van der Waals surface area contributed by atoms with Crippen molar-refractivity contribution in [3.05, 3.63) is 90.3 Å². The number of benzene rings is 3. The van der Waals surface area contributed by atoms with E-state index in [9.17, 15) is 9.90 Å². The van der Waals surface area contributed by atoms with E-state index in [1.807, 2.05) is 24.4 Å². The first-order valence-electron chi connectivity index (χ1n) is 10.0. The summed E-state index contributed by atoms with van der Waals surface area (Å²) in [7, 11) is 0. The molecule has 2 unspecified atom stereocenters. The van der Waals surface area contributed by atoms with Crippen LogP contribution >= 0.6 is 0 Å². The van der Waals surface area contributed by atoms with Crippen molar-refractivity contribution in [2.45, 2.75) is 24.9 Å². The Hall–Kier alpha value is -3.24. The maximum absolute atomic E-state index is 12.0. The highest BCUT2D eigenvalue weighted by molar-refractivity contribution is 5.84. The number of aromatic nitrogens is 1. The molecule has 3 aromatic carbocycles. The minimum atomic E-state index is -0.738. The molecule has 1 saturated heterocycles. The van der Waals surface area contributed by atoms with Crippen molar-refractivity contribution in [2.75, 3.05) is 6.54 Å². The van der Waals surface area contributed by atoms with Crippen LogP contribution in [0.25, 0.3) is 21.5 Å². The van der Waals surface area contributed by atoms with Crippen molar-refractivity contribution in [1.82, 2.24) is 9.88 Å². The Morgan fingerprint density at radius 1 is 0.931 bits per heavy atom. The lowest BCUT2D eigenvalue weighted by molar-refractivity contribution is -0.142. The standard InChI is InChI=1S/C25H22N2O2/c28-25(29)23-6-3-13-27(23)24(20-8-7-17-4-1-2-5-18(17)14-20)21-9-10-22-16-26-12-11-19(22)15-21/h1-2,4-5,7-12,14-16,23-24H,3,6,13H2,(H,28,29). The fourth-order valence-corrected chi connectivity index (χ4v) is 4.59. The summed E-state index contributed by atoms with van der Waals surface area (Å²) >= 11 is 0. The molecule has 1 N–H and O–H groups in total. The molecule has 2 heterocycles. The minimum absolute atomic E-state index is 0.0965. The topological polar surface area (TPSA) is 53.4 Å². The number of pyridine rings is 1. The van der Waals surface area contributed by atoms with E-state index in [2.05, 4.69) is 58.4 Å². The van der Waals surface area contributed by atoms with E-state index in [-0.39, 0.29) is 6.04 Å². The first-order chi connectivity index (χ1) is 14.2. The molecule has 4 nitrogen and oxygen atoms in total. The zero-order valence-electron chi connectivity index (χ0n) is 16.0. The van der Waals surface area contributed by atoms with Crippen molar-refractivity contribution < 1.29 is 9.90 Å². The summed E-state index contributed by atoms with van der Waals surface area (Å²) in [6, 6.07) is 22.6. The Balaban J connectivity index is 1.68. The summed E-state index contributed by atoms with van der Waals surface area (Å²) in [5, 5.41) is 14.4. The molecule has 0 amide bonds. The van der Waals surface area contributed by atoms with Gasteiger partial charge in [0, 0.05) is 24.3 Å². The van der Waals surface area contributed by atoms with Gasteiger partial charge < -0.3 is 5.11 Å². The van der Waals surface area contributed by atoms with Crippen molar-refractivity contribution in [3.63, 3.8) is 0 Å². The molecule has 0 spiro atoms. The first kappa shape index (κ1) is 17.8. The quantitative estimate of drug-likeness (QED) is 0.538. The molecule has 0 bridgehead atoms. The summed E-state index contributed by atoms with van der Waals surface area (Å²) in [5.74, 6) is -0.738. The van der Waals surface area contributed by atoms with Gasteiger partial charge in [-0.1, -0.05) is 48.5 Å². The first-order valence-corrected chi connectivity index (χ1v) is 10.0. The van der Waals surface area contributed by atoms with Gasteiger partial charge in [0.2, 0.25) is 0 Å². The number of fused-ring (bicyclic) bond motifs is 2. The van der Waals surface area contributed by atoms with Crippen LogP contribution < -0.4 is 0 Å². The molecule has 144 valence electrons. The third-order valence-electron chi connectivity index (χ3n) is 5.98. The van der Waals surface area contributed by atoms with Gasteiger partial charge in [-0.25, -0.2) is 0 Å². The second-order valence-corrected chi connectivity index (χ2v) is 7.73. The predicted octanol–water partition coefficient (Wildman–Crippen LogP) is 5.03. The van der Waals surface area contributed by atoms with Gasteiger partial charge in [0.05, 0.1) is 6.04 Å². The summed E-state index contributed by atoms with van der Waals surface area (Å²) in [4.78, 5) is 18.3. The molecule has 1 aliphatic rings. The van der Waals surface area contributed by atoms with Gasteiger partial charge >= 0.3 is 5.97 Å². The van der Waals surface area contributed by atoms with E-state index >= 15 is 0 Å². The number of hydrogen-bond donors (Lipinski definition) is 1. The monoisotopic (exact) mass is 382 g/mol. The molecule has 5 rings (SSSR count). The number of nitrogens with zero attached hydrogens (tertiary/aromatic N) is 2. The van der Waals surface area contributed by atoms with Crippen molar-refractivity contribution >= 4 is 27.5 Å². The highest BCUT2D eigenvalue weighted by Gasteiger charge is 2.36. The van der Waals surface area contributed by atoms with Crippen molar-refractivity contribution in [2.24, 2.45) is 0 Å². The molecule has 0 saturated carbocycles. The maximum atomic E-state index is 12.0. The number of carboxylic acid groups (broad SMARTS) is 1. The second kappa shape index (κ2) is 7.30. The van der Waals surface area contributed by atoms with Gasteiger partial charge in [-0.2, -0.15) is 0 Å². The van der Waals surface area contributed by atoms with Crippen LogP contribution in [-0.2, 0) is 4.79 Å². The summed E-state index contributed by atoms with van der Waals surface area (Å²) < 4.78 is 0. The Morgan fingerprint density at radius 3 is 2.38 bits per heavy atom. The highest BCUT2D eigenvalue weighted by Crippen LogP contribution is 2.37. The molecule has 1 aliphatic heterocycles. The van der Waals surface area contributed by atoms with Gasteiger partial charge in [-0.3, -0.25) is 14.7 Å². The Bertz CT molecular complexity index is 1120. The molecule has 2 atom stereocenters. The number of likely N-dealkylation sites (tertiary alicyclic amines) is 1. The lowest BCUT2D eigenvalue weighted by Crippen LogP contribution is -2.39. The smallest absolute Gasteiger partial charge is 0.320 e. The van der Waals surface area contributed by atoms with E-state index < -0.39 is 12.0 Å². The van der Waals surface area contributed by atoms with E-state index in [1.165, 1.54) is 10.8 Å². The molecule has 29 heavy (non-hydrogen) atoms. The van der Waals surface area contributed by atoms with E-state index in [0.717, 1.165) is 34.9 Å². The number of carbonyl (C=O) groups is 1. The zero-order chi connectivity index (χ0) is 19.8. The largest absolute Gasteiger partial charge is 0.480 e. The van der Waals surface area contributed by atoms with Crippen LogP contribution in [0.15, 0.2) is 79.1 Å². The lowest BCUT2D eigenvalue weighted by atomic mass is 9.93. The van der Waals surface area contributed by atoms with Crippen LogP contribution in [0.4, 0.5) is 0 Å². The van der Waals surface area contributed by atoms with Crippen LogP contribution in [0, 0.1) is 0 Å².